The molecule has 2 heterocycles. The summed E-state index contributed by atoms with van der Waals surface area (Å²) in [5.41, 5.74) is 3.98. The van der Waals surface area contributed by atoms with Gasteiger partial charge in [0, 0.05) is 13.1 Å². The fourth-order valence-corrected chi connectivity index (χ4v) is 2.72. The minimum absolute atomic E-state index is 0.123. The zero-order valence-corrected chi connectivity index (χ0v) is 11.1. The molecule has 1 aliphatic heterocycles. The summed E-state index contributed by atoms with van der Waals surface area (Å²) in [6, 6.07) is 4.15. The molecule has 0 radical (unpaired) electrons. The average Bonchev–Trinajstić information content (AvgIpc) is 2.67. The van der Waals surface area contributed by atoms with Gasteiger partial charge in [-0.1, -0.05) is 0 Å². The molecule has 2 N–H and O–H groups in total. The molecule has 1 saturated heterocycles. The summed E-state index contributed by atoms with van der Waals surface area (Å²) >= 11 is 0. The van der Waals surface area contributed by atoms with Crippen molar-refractivity contribution in [3.63, 3.8) is 0 Å². The monoisotopic (exact) mass is 259 g/mol. The van der Waals surface area contributed by atoms with Crippen molar-refractivity contribution in [2.24, 2.45) is 0 Å². The third-order valence-electron chi connectivity index (χ3n) is 4.06. The lowest BCUT2D eigenvalue weighted by Crippen LogP contribution is -2.61. The first-order chi connectivity index (χ1) is 9.02. The van der Waals surface area contributed by atoms with Gasteiger partial charge in [0.2, 0.25) is 0 Å². The Kier molecular flexibility index (Phi) is 2.60. The normalized spacial score (nSPS) is 17.4. The van der Waals surface area contributed by atoms with E-state index >= 15 is 0 Å². The lowest BCUT2D eigenvalue weighted by atomic mass is 9.88. The molecule has 5 heteroatoms. The first kappa shape index (κ1) is 12.2. The fourth-order valence-electron chi connectivity index (χ4n) is 2.72. The van der Waals surface area contributed by atoms with E-state index in [1.54, 1.807) is 6.33 Å². The van der Waals surface area contributed by atoms with Crippen LogP contribution in [0.15, 0.2) is 18.5 Å². The van der Waals surface area contributed by atoms with Gasteiger partial charge >= 0.3 is 5.97 Å². The molecule has 1 aliphatic rings. The molecule has 0 aliphatic carbocycles. The predicted octanol–water partition coefficient (Wildman–Crippen LogP) is 1.43. The first-order valence-electron chi connectivity index (χ1n) is 6.39. The Morgan fingerprint density at radius 1 is 1.42 bits per heavy atom. The maximum atomic E-state index is 11.1. The van der Waals surface area contributed by atoms with Gasteiger partial charge < -0.3 is 15.0 Å². The number of benzene rings is 1. The predicted molar refractivity (Wildman–Crippen MR) is 72.3 cm³/mol. The van der Waals surface area contributed by atoms with E-state index in [0.717, 1.165) is 11.0 Å². The molecule has 3 rings (SSSR count). The highest BCUT2D eigenvalue weighted by Gasteiger charge is 2.41. The van der Waals surface area contributed by atoms with Crippen LogP contribution in [0.2, 0.25) is 0 Å². The van der Waals surface area contributed by atoms with Gasteiger partial charge in [-0.25, -0.2) is 4.98 Å². The van der Waals surface area contributed by atoms with Crippen molar-refractivity contribution in [1.82, 2.24) is 14.9 Å². The molecule has 19 heavy (non-hydrogen) atoms. The van der Waals surface area contributed by atoms with Crippen LogP contribution < -0.4 is 5.32 Å². The number of hydrogen-bond acceptors (Lipinski definition) is 3. The van der Waals surface area contributed by atoms with Crippen LogP contribution in [0, 0.1) is 13.8 Å². The second kappa shape index (κ2) is 4.06. The molecule has 5 nitrogen and oxygen atoms in total. The van der Waals surface area contributed by atoms with Crippen LogP contribution in [0.3, 0.4) is 0 Å². The summed E-state index contributed by atoms with van der Waals surface area (Å²) in [6.07, 6.45) is 1.89. The molecule has 1 aromatic carbocycles. The summed E-state index contributed by atoms with van der Waals surface area (Å²) in [6.45, 7) is 5.48. The smallest absolute Gasteiger partial charge is 0.305 e. The van der Waals surface area contributed by atoms with Crippen LogP contribution >= 0.6 is 0 Å². The molecule has 1 fully saturated rings. The molecule has 100 valence electrons. The molecule has 0 spiro atoms. The highest BCUT2D eigenvalue weighted by molar-refractivity contribution is 5.78. The Labute approximate surface area is 111 Å². The van der Waals surface area contributed by atoms with Gasteiger partial charge in [0.25, 0.3) is 0 Å². The van der Waals surface area contributed by atoms with E-state index < -0.39 is 5.97 Å². The standard InChI is InChI=1S/C14H17N3O2/c1-9-3-11-12(4-10(9)2)17(8-16-11)14(5-13(18)19)6-15-7-14/h3-4,8,15H,5-7H2,1-2H3,(H,18,19). The van der Waals surface area contributed by atoms with Crippen molar-refractivity contribution in [2.45, 2.75) is 25.8 Å². The molecule has 0 unspecified atom stereocenters. The van der Waals surface area contributed by atoms with Crippen molar-refractivity contribution in [1.29, 1.82) is 0 Å². The van der Waals surface area contributed by atoms with Crippen LogP contribution in [0.4, 0.5) is 0 Å². The van der Waals surface area contributed by atoms with Crippen molar-refractivity contribution in [3.8, 4) is 0 Å². The van der Waals surface area contributed by atoms with Crippen molar-refractivity contribution >= 4 is 17.0 Å². The van der Waals surface area contributed by atoms with Crippen LogP contribution in [-0.2, 0) is 10.3 Å². The zero-order chi connectivity index (χ0) is 13.6. The SMILES string of the molecule is Cc1cc2ncn(C3(CC(=O)O)CNC3)c2cc1C. The van der Waals surface area contributed by atoms with Crippen LogP contribution in [0.25, 0.3) is 11.0 Å². The van der Waals surface area contributed by atoms with Gasteiger partial charge in [0.15, 0.2) is 0 Å². The van der Waals surface area contributed by atoms with E-state index in [2.05, 4.69) is 36.3 Å². The van der Waals surface area contributed by atoms with Crippen molar-refractivity contribution < 1.29 is 9.90 Å². The van der Waals surface area contributed by atoms with Gasteiger partial charge in [-0.2, -0.15) is 0 Å². The summed E-state index contributed by atoms with van der Waals surface area (Å²) in [5, 5.41) is 12.3. The lowest BCUT2D eigenvalue weighted by Gasteiger charge is -2.43. The number of carboxylic acid groups (broad SMARTS) is 1. The van der Waals surface area contributed by atoms with Gasteiger partial charge in [-0.3, -0.25) is 4.79 Å². The summed E-state index contributed by atoms with van der Waals surface area (Å²) in [5.74, 6) is -0.771. The number of aromatic nitrogens is 2. The van der Waals surface area contributed by atoms with E-state index in [9.17, 15) is 4.79 Å². The average molecular weight is 259 g/mol. The van der Waals surface area contributed by atoms with Gasteiger partial charge in [-0.15, -0.1) is 0 Å². The van der Waals surface area contributed by atoms with Crippen molar-refractivity contribution in [3.05, 3.63) is 29.6 Å². The van der Waals surface area contributed by atoms with Gasteiger partial charge in [0.05, 0.1) is 29.3 Å². The van der Waals surface area contributed by atoms with Crippen LogP contribution in [-0.4, -0.2) is 33.7 Å². The number of imidazole rings is 1. The molecule has 0 amide bonds. The summed E-state index contributed by atoms with van der Waals surface area (Å²) in [4.78, 5) is 15.5. The second-order valence-corrected chi connectivity index (χ2v) is 5.44. The quantitative estimate of drug-likeness (QED) is 0.875. The van der Waals surface area contributed by atoms with E-state index in [1.165, 1.54) is 11.1 Å². The number of aryl methyl sites for hydroxylation is 2. The number of rotatable bonds is 3. The number of nitrogens with zero attached hydrogens (tertiary/aromatic N) is 2. The maximum Gasteiger partial charge on any atom is 0.305 e. The molecule has 0 bridgehead atoms. The number of fused-ring (bicyclic) bond motifs is 1. The van der Waals surface area contributed by atoms with E-state index in [4.69, 9.17) is 5.11 Å². The van der Waals surface area contributed by atoms with Crippen LogP contribution in [0.1, 0.15) is 17.5 Å². The highest BCUT2D eigenvalue weighted by Crippen LogP contribution is 2.31. The topological polar surface area (TPSA) is 67.2 Å². The number of carboxylic acids is 1. The maximum absolute atomic E-state index is 11.1. The van der Waals surface area contributed by atoms with E-state index in [1.807, 2.05) is 4.57 Å². The summed E-state index contributed by atoms with van der Waals surface area (Å²) in [7, 11) is 0. The highest BCUT2D eigenvalue weighted by atomic mass is 16.4. The van der Waals surface area contributed by atoms with Crippen molar-refractivity contribution in [2.75, 3.05) is 13.1 Å². The number of nitrogens with one attached hydrogen (secondary N) is 1. The van der Waals surface area contributed by atoms with Crippen LogP contribution in [0.5, 0.6) is 0 Å². The minimum Gasteiger partial charge on any atom is -0.481 e. The largest absolute Gasteiger partial charge is 0.481 e. The van der Waals surface area contributed by atoms with E-state index in [0.29, 0.717) is 13.1 Å². The molecular formula is C14H17N3O2. The molecule has 0 saturated carbocycles. The third kappa shape index (κ3) is 1.81. The lowest BCUT2D eigenvalue weighted by molar-refractivity contribution is -0.140. The molecular weight excluding hydrogens is 242 g/mol. The van der Waals surface area contributed by atoms with Gasteiger partial charge in [0.1, 0.15) is 0 Å². The number of aliphatic carboxylic acids is 1. The Balaban J connectivity index is 2.14. The molecule has 2 aromatic rings. The fraction of sp³-hybridized carbons (Fsp3) is 0.429. The Morgan fingerprint density at radius 2 is 2.11 bits per heavy atom. The molecule has 0 atom stereocenters. The second-order valence-electron chi connectivity index (χ2n) is 5.44. The Hall–Kier alpha value is -1.88. The summed E-state index contributed by atoms with van der Waals surface area (Å²) < 4.78 is 2.03. The van der Waals surface area contributed by atoms with Gasteiger partial charge in [-0.05, 0) is 37.1 Å². The Bertz CT molecular complexity index is 656. The molecule has 1 aromatic heterocycles. The zero-order valence-electron chi connectivity index (χ0n) is 11.1. The number of carbonyl (C=O) groups is 1. The third-order valence-corrected chi connectivity index (χ3v) is 4.06. The van der Waals surface area contributed by atoms with E-state index in [-0.39, 0.29) is 12.0 Å². The minimum atomic E-state index is -0.771. The Morgan fingerprint density at radius 3 is 2.68 bits per heavy atom. The first-order valence-corrected chi connectivity index (χ1v) is 6.39. The number of hydrogen-bond donors (Lipinski definition) is 2.